The zero-order valence-corrected chi connectivity index (χ0v) is 14.1. The lowest BCUT2D eigenvalue weighted by Crippen LogP contribution is -2.25. The van der Waals surface area contributed by atoms with E-state index in [0.717, 1.165) is 0 Å². The first kappa shape index (κ1) is 18.6. The second-order valence-corrected chi connectivity index (χ2v) is 5.82. The molecule has 1 heterocycles. The molecule has 0 radical (unpaired) electrons. The summed E-state index contributed by atoms with van der Waals surface area (Å²) in [5, 5.41) is 5.75. The van der Waals surface area contributed by atoms with Crippen molar-refractivity contribution in [3.63, 3.8) is 0 Å². The van der Waals surface area contributed by atoms with Crippen molar-refractivity contribution in [2.45, 2.75) is 12.8 Å². The molecule has 2 rings (SSSR count). The maximum absolute atomic E-state index is 12.8. The van der Waals surface area contributed by atoms with Gasteiger partial charge in [-0.25, -0.2) is 4.39 Å². The summed E-state index contributed by atoms with van der Waals surface area (Å²) in [4.78, 5) is 27.7. The molecule has 0 spiro atoms. The maximum atomic E-state index is 12.8. The van der Waals surface area contributed by atoms with Gasteiger partial charge in [0.15, 0.2) is 0 Å². The molecule has 0 bridgehead atoms. The van der Waals surface area contributed by atoms with Gasteiger partial charge in [-0.2, -0.15) is 0 Å². The molecule has 1 aromatic heterocycles. The van der Waals surface area contributed by atoms with Crippen LogP contribution in [0.15, 0.2) is 54.9 Å². The molecule has 0 unspecified atom stereocenters. The molecule has 130 valence electrons. The van der Waals surface area contributed by atoms with Crippen molar-refractivity contribution in [2.24, 2.45) is 0 Å². The van der Waals surface area contributed by atoms with Gasteiger partial charge in [0.05, 0.1) is 10.6 Å². The van der Waals surface area contributed by atoms with Crippen molar-refractivity contribution in [3.05, 3.63) is 71.3 Å². The van der Waals surface area contributed by atoms with E-state index in [0.29, 0.717) is 34.8 Å². The minimum atomic E-state index is -0.368. The molecule has 0 aliphatic carbocycles. The molecule has 2 amide bonds. The van der Waals surface area contributed by atoms with Crippen LogP contribution in [0.1, 0.15) is 23.2 Å². The predicted molar refractivity (Wildman–Crippen MR) is 95.0 cm³/mol. The van der Waals surface area contributed by atoms with Crippen molar-refractivity contribution in [1.29, 1.82) is 0 Å². The summed E-state index contributed by atoms with van der Waals surface area (Å²) in [5.74, 6) is -0.909. The largest absolute Gasteiger partial charge is 0.352 e. The predicted octanol–water partition coefficient (Wildman–Crippen LogP) is 3.58. The minimum Gasteiger partial charge on any atom is -0.352 e. The standard InChI is InChI=1S/C18H17ClFN3O2/c1-12(8-17(24)23-16-4-2-15(20)3-5-16)6-7-22-18(25)13-9-14(19)11-21-10-13/h2-5,9-11H,1,6-8H2,(H,22,25)(H,23,24). The fourth-order valence-corrected chi connectivity index (χ4v) is 2.22. The third kappa shape index (κ3) is 6.35. The number of nitrogens with one attached hydrogen (secondary N) is 2. The van der Waals surface area contributed by atoms with Crippen LogP contribution in [0.25, 0.3) is 0 Å². The number of pyridine rings is 1. The minimum absolute atomic E-state index is 0.117. The molecule has 0 saturated carbocycles. The summed E-state index contributed by atoms with van der Waals surface area (Å²) in [7, 11) is 0. The number of anilines is 1. The van der Waals surface area contributed by atoms with E-state index in [4.69, 9.17) is 11.6 Å². The van der Waals surface area contributed by atoms with Crippen LogP contribution in [0.3, 0.4) is 0 Å². The molecule has 25 heavy (non-hydrogen) atoms. The Labute approximate surface area is 149 Å². The fraction of sp³-hybridized carbons (Fsp3) is 0.167. The number of hydrogen-bond donors (Lipinski definition) is 2. The van der Waals surface area contributed by atoms with E-state index in [1.54, 1.807) is 0 Å². The van der Waals surface area contributed by atoms with E-state index in [2.05, 4.69) is 22.2 Å². The average Bonchev–Trinajstić information content (AvgIpc) is 2.56. The Morgan fingerprint density at radius 1 is 1.20 bits per heavy atom. The second-order valence-electron chi connectivity index (χ2n) is 5.38. The van der Waals surface area contributed by atoms with Gasteiger partial charge in [-0.05, 0) is 36.8 Å². The topological polar surface area (TPSA) is 71.1 Å². The summed E-state index contributed by atoms with van der Waals surface area (Å²) >= 11 is 5.78. The van der Waals surface area contributed by atoms with E-state index in [1.165, 1.54) is 42.7 Å². The zero-order chi connectivity index (χ0) is 18.2. The lowest BCUT2D eigenvalue weighted by atomic mass is 10.1. The summed E-state index contributed by atoms with van der Waals surface area (Å²) < 4.78 is 12.8. The molecule has 0 fully saturated rings. The Hall–Kier alpha value is -2.73. The Morgan fingerprint density at radius 2 is 1.92 bits per heavy atom. The van der Waals surface area contributed by atoms with Gasteiger partial charge in [0, 0.05) is 31.0 Å². The first-order valence-corrected chi connectivity index (χ1v) is 7.92. The molecule has 5 nitrogen and oxygen atoms in total. The van der Waals surface area contributed by atoms with Gasteiger partial charge in [0.25, 0.3) is 5.91 Å². The van der Waals surface area contributed by atoms with Gasteiger partial charge >= 0.3 is 0 Å². The highest BCUT2D eigenvalue weighted by Gasteiger charge is 2.08. The Kier molecular flexibility index (Phi) is 6.65. The molecule has 2 N–H and O–H groups in total. The van der Waals surface area contributed by atoms with Gasteiger partial charge in [0.2, 0.25) is 5.91 Å². The summed E-state index contributed by atoms with van der Waals surface area (Å²) in [6.45, 7) is 4.17. The van der Waals surface area contributed by atoms with E-state index in [-0.39, 0.29) is 24.1 Å². The third-order valence-electron chi connectivity index (χ3n) is 3.27. The van der Waals surface area contributed by atoms with E-state index in [9.17, 15) is 14.0 Å². The van der Waals surface area contributed by atoms with Crippen molar-refractivity contribution >= 4 is 29.1 Å². The van der Waals surface area contributed by atoms with Gasteiger partial charge in [-0.3, -0.25) is 14.6 Å². The molecule has 1 aromatic carbocycles. The highest BCUT2D eigenvalue weighted by molar-refractivity contribution is 6.30. The van der Waals surface area contributed by atoms with Crippen LogP contribution in [0.4, 0.5) is 10.1 Å². The van der Waals surface area contributed by atoms with Crippen LogP contribution in [0.2, 0.25) is 5.02 Å². The van der Waals surface area contributed by atoms with Gasteiger partial charge < -0.3 is 10.6 Å². The van der Waals surface area contributed by atoms with Crippen molar-refractivity contribution < 1.29 is 14.0 Å². The van der Waals surface area contributed by atoms with E-state index in [1.807, 2.05) is 0 Å². The summed E-state index contributed by atoms with van der Waals surface area (Å²) in [5.41, 5.74) is 1.55. The number of rotatable bonds is 7. The number of carbonyl (C=O) groups excluding carboxylic acids is 2. The number of benzene rings is 1. The lowest BCUT2D eigenvalue weighted by Gasteiger charge is -2.09. The Balaban J connectivity index is 1.72. The number of carbonyl (C=O) groups is 2. The van der Waals surface area contributed by atoms with Gasteiger partial charge in [-0.15, -0.1) is 0 Å². The van der Waals surface area contributed by atoms with Crippen LogP contribution >= 0.6 is 11.6 Å². The number of aromatic nitrogens is 1. The van der Waals surface area contributed by atoms with Crippen molar-refractivity contribution in [3.8, 4) is 0 Å². The normalized spacial score (nSPS) is 10.2. The average molecular weight is 362 g/mol. The smallest absolute Gasteiger partial charge is 0.252 e. The number of nitrogens with zero attached hydrogens (tertiary/aromatic N) is 1. The highest BCUT2D eigenvalue weighted by Crippen LogP contribution is 2.11. The molecule has 2 aromatic rings. The van der Waals surface area contributed by atoms with Crippen LogP contribution in [0.5, 0.6) is 0 Å². The quantitative estimate of drug-likeness (QED) is 0.740. The van der Waals surface area contributed by atoms with Gasteiger partial charge in [-0.1, -0.05) is 23.8 Å². The third-order valence-corrected chi connectivity index (χ3v) is 3.48. The lowest BCUT2D eigenvalue weighted by molar-refractivity contribution is -0.115. The number of amides is 2. The summed E-state index contributed by atoms with van der Waals surface area (Å²) in [6.07, 6.45) is 3.44. The van der Waals surface area contributed by atoms with Crippen LogP contribution in [0, 0.1) is 5.82 Å². The molecule has 0 saturated heterocycles. The molecule has 0 atom stereocenters. The maximum Gasteiger partial charge on any atom is 0.252 e. The first-order valence-electron chi connectivity index (χ1n) is 7.55. The molecular weight excluding hydrogens is 345 g/mol. The number of halogens is 2. The van der Waals surface area contributed by atoms with Crippen molar-refractivity contribution in [2.75, 3.05) is 11.9 Å². The zero-order valence-electron chi connectivity index (χ0n) is 13.4. The molecular formula is C18H17ClFN3O2. The van der Waals surface area contributed by atoms with Crippen LogP contribution in [-0.2, 0) is 4.79 Å². The monoisotopic (exact) mass is 361 g/mol. The highest BCUT2D eigenvalue weighted by atomic mass is 35.5. The van der Waals surface area contributed by atoms with Gasteiger partial charge in [0.1, 0.15) is 5.82 Å². The summed E-state index contributed by atoms with van der Waals surface area (Å²) in [6, 6.07) is 7.02. The fourth-order valence-electron chi connectivity index (χ4n) is 2.04. The Bertz CT molecular complexity index is 778. The SMILES string of the molecule is C=C(CCNC(=O)c1cncc(Cl)c1)CC(=O)Nc1ccc(F)cc1. The first-order chi connectivity index (χ1) is 11.9. The van der Waals surface area contributed by atoms with E-state index >= 15 is 0 Å². The van der Waals surface area contributed by atoms with E-state index < -0.39 is 0 Å². The second kappa shape index (κ2) is 8.94. The Morgan fingerprint density at radius 3 is 2.60 bits per heavy atom. The van der Waals surface area contributed by atoms with Crippen LogP contribution in [-0.4, -0.2) is 23.3 Å². The molecule has 0 aliphatic rings. The molecule has 0 aliphatic heterocycles. The number of hydrogen-bond acceptors (Lipinski definition) is 3. The van der Waals surface area contributed by atoms with Crippen LogP contribution < -0.4 is 10.6 Å². The molecule has 7 heteroatoms. The van der Waals surface area contributed by atoms with Crippen molar-refractivity contribution in [1.82, 2.24) is 10.3 Å².